The van der Waals surface area contributed by atoms with Gasteiger partial charge in [-0.1, -0.05) is 41.2 Å². The third kappa shape index (κ3) is 9.21. The van der Waals surface area contributed by atoms with E-state index in [4.69, 9.17) is 14.9 Å². The van der Waals surface area contributed by atoms with Crippen molar-refractivity contribution in [2.75, 3.05) is 13.1 Å². The number of aliphatic carboxylic acids is 2. The van der Waals surface area contributed by atoms with Crippen LogP contribution in [0.25, 0.3) is 0 Å². The highest BCUT2D eigenvalue weighted by Gasteiger charge is 2.40. The SMILES string of the molecule is C=CC(=O)OC(CC(C)(C)C)CC(C)(CC)C(=O)N(CC(=O)O)CC(=O)O. The summed E-state index contributed by atoms with van der Waals surface area (Å²) in [5, 5.41) is 18.0. The van der Waals surface area contributed by atoms with Gasteiger partial charge in [0.15, 0.2) is 0 Å². The van der Waals surface area contributed by atoms with E-state index in [1.165, 1.54) is 0 Å². The largest absolute Gasteiger partial charge is 0.480 e. The maximum atomic E-state index is 13.0. The third-order valence-corrected chi connectivity index (χ3v) is 4.20. The predicted molar refractivity (Wildman–Crippen MR) is 99.0 cm³/mol. The van der Waals surface area contributed by atoms with Crippen LogP contribution in [-0.4, -0.2) is 58.1 Å². The second kappa shape index (κ2) is 10.1. The van der Waals surface area contributed by atoms with Crippen molar-refractivity contribution in [3.63, 3.8) is 0 Å². The lowest BCUT2D eigenvalue weighted by Crippen LogP contribution is -2.48. The molecule has 0 saturated carbocycles. The van der Waals surface area contributed by atoms with Crippen molar-refractivity contribution in [3.05, 3.63) is 12.7 Å². The summed E-state index contributed by atoms with van der Waals surface area (Å²) in [6, 6.07) is 0. The number of hydrogen-bond donors (Lipinski definition) is 2. The lowest BCUT2D eigenvalue weighted by atomic mass is 9.76. The minimum Gasteiger partial charge on any atom is -0.480 e. The Balaban J connectivity index is 5.65. The number of esters is 1. The van der Waals surface area contributed by atoms with Gasteiger partial charge in [-0.3, -0.25) is 14.4 Å². The van der Waals surface area contributed by atoms with Crippen LogP contribution < -0.4 is 0 Å². The van der Waals surface area contributed by atoms with E-state index in [2.05, 4.69) is 6.58 Å². The Labute approximate surface area is 160 Å². The summed E-state index contributed by atoms with van der Waals surface area (Å²) in [6.07, 6.45) is 1.40. The lowest BCUT2D eigenvalue weighted by Gasteiger charge is -2.36. The highest BCUT2D eigenvalue weighted by molar-refractivity contribution is 5.88. The number of amides is 1. The molecule has 0 spiro atoms. The van der Waals surface area contributed by atoms with Gasteiger partial charge in [-0.15, -0.1) is 0 Å². The van der Waals surface area contributed by atoms with Crippen molar-refractivity contribution < 1.29 is 34.1 Å². The van der Waals surface area contributed by atoms with Gasteiger partial charge in [0.05, 0.1) is 0 Å². The first-order valence-electron chi connectivity index (χ1n) is 8.80. The number of carboxylic acids is 2. The molecule has 0 saturated heterocycles. The molecule has 0 aromatic rings. The van der Waals surface area contributed by atoms with Crippen LogP contribution in [0.4, 0.5) is 0 Å². The Kier molecular flexibility index (Phi) is 9.19. The molecule has 0 bridgehead atoms. The van der Waals surface area contributed by atoms with Crippen LogP contribution in [0.3, 0.4) is 0 Å². The maximum Gasteiger partial charge on any atom is 0.330 e. The van der Waals surface area contributed by atoms with Gasteiger partial charge in [-0.2, -0.15) is 0 Å². The zero-order valence-electron chi connectivity index (χ0n) is 16.8. The number of carbonyl (C=O) groups excluding carboxylic acids is 2. The number of ether oxygens (including phenoxy) is 1. The Morgan fingerprint density at radius 3 is 1.85 bits per heavy atom. The molecule has 8 nitrogen and oxygen atoms in total. The van der Waals surface area contributed by atoms with Gasteiger partial charge in [-0.05, 0) is 24.7 Å². The van der Waals surface area contributed by atoms with E-state index in [0.717, 1.165) is 11.0 Å². The predicted octanol–water partition coefficient (Wildman–Crippen LogP) is 2.32. The summed E-state index contributed by atoms with van der Waals surface area (Å²) in [5.41, 5.74) is -1.27. The molecule has 0 rings (SSSR count). The minimum absolute atomic E-state index is 0.148. The Hall–Kier alpha value is -2.38. The quantitative estimate of drug-likeness (QED) is 0.413. The summed E-state index contributed by atoms with van der Waals surface area (Å²) in [6.45, 7) is 11.2. The van der Waals surface area contributed by atoms with Crippen LogP contribution in [-0.2, 0) is 23.9 Å². The fourth-order valence-corrected chi connectivity index (χ4v) is 2.84. The first-order chi connectivity index (χ1) is 12.2. The zero-order valence-corrected chi connectivity index (χ0v) is 16.8. The molecule has 0 heterocycles. The van der Waals surface area contributed by atoms with Crippen LogP contribution in [0.5, 0.6) is 0 Å². The summed E-state index contributed by atoms with van der Waals surface area (Å²) in [4.78, 5) is 47.5. The van der Waals surface area contributed by atoms with Gasteiger partial charge in [0, 0.05) is 11.5 Å². The molecule has 0 aromatic heterocycles. The molecular weight excluding hydrogens is 354 g/mol. The third-order valence-electron chi connectivity index (χ3n) is 4.20. The molecule has 2 unspecified atom stereocenters. The molecular formula is C19H31NO7. The molecule has 2 N–H and O–H groups in total. The summed E-state index contributed by atoms with van der Waals surface area (Å²) in [5.74, 6) is -3.80. The molecule has 0 fully saturated rings. The van der Waals surface area contributed by atoms with Gasteiger partial charge in [-0.25, -0.2) is 4.79 Å². The average molecular weight is 385 g/mol. The molecule has 0 aliphatic carbocycles. The van der Waals surface area contributed by atoms with Crippen LogP contribution in [0.1, 0.15) is 53.9 Å². The second-order valence-corrected chi connectivity index (χ2v) is 8.09. The number of carboxylic acid groups (broad SMARTS) is 2. The van der Waals surface area contributed by atoms with E-state index in [9.17, 15) is 19.2 Å². The monoisotopic (exact) mass is 385 g/mol. The van der Waals surface area contributed by atoms with Crippen molar-refractivity contribution >= 4 is 23.8 Å². The van der Waals surface area contributed by atoms with E-state index in [0.29, 0.717) is 12.8 Å². The highest BCUT2D eigenvalue weighted by atomic mass is 16.5. The molecule has 154 valence electrons. The second-order valence-electron chi connectivity index (χ2n) is 8.09. The molecule has 8 heteroatoms. The fraction of sp³-hybridized carbons (Fsp3) is 0.684. The van der Waals surface area contributed by atoms with Gasteiger partial charge in [0.1, 0.15) is 19.2 Å². The Morgan fingerprint density at radius 2 is 1.52 bits per heavy atom. The van der Waals surface area contributed by atoms with Crippen molar-refractivity contribution in [2.45, 2.75) is 60.0 Å². The lowest BCUT2D eigenvalue weighted by molar-refractivity contribution is -0.157. The highest BCUT2D eigenvalue weighted by Crippen LogP contribution is 2.35. The van der Waals surface area contributed by atoms with Gasteiger partial charge in [0.2, 0.25) is 5.91 Å². The number of nitrogens with zero attached hydrogens (tertiary/aromatic N) is 1. The van der Waals surface area contributed by atoms with Crippen LogP contribution in [0.2, 0.25) is 0 Å². The molecule has 0 aliphatic heterocycles. The Morgan fingerprint density at radius 1 is 1.04 bits per heavy atom. The van der Waals surface area contributed by atoms with Crippen LogP contribution in [0.15, 0.2) is 12.7 Å². The van der Waals surface area contributed by atoms with E-state index in [1.54, 1.807) is 13.8 Å². The van der Waals surface area contributed by atoms with E-state index >= 15 is 0 Å². The minimum atomic E-state index is -1.30. The van der Waals surface area contributed by atoms with Crippen LogP contribution >= 0.6 is 0 Å². The van der Waals surface area contributed by atoms with Gasteiger partial charge in [0.25, 0.3) is 0 Å². The van der Waals surface area contributed by atoms with Crippen molar-refractivity contribution in [1.82, 2.24) is 4.90 Å². The molecule has 27 heavy (non-hydrogen) atoms. The molecule has 2 atom stereocenters. The first kappa shape index (κ1) is 24.6. The fourth-order valence-electron chi connectivity index (χ4n) is 2.84. The normalized spacial score (nSPS) is 14.6. The van der Waals surface area contributed by atoms with E-state index < -0.39 is 48.4 Å². The Bertz CT molecular complexity index is 563. The molecule has 1 amide bonds. The first-order valence-corrected chi connectivity index (χ1v) is 8.80. The van der Waals surface area contributed by atoms with Crippen molar-refractivity contribution in [1.29, 1.82) is 0 Å². The van der Waals surface area contributed by atoms with Gasteiger partial charge >= 0.3 is 17.9 Å². The van der Waals surface area contributed by atoms with Crippen molar-refractivity contribution in [3.8, 4) is 0 Å². The number of carbonyl (C=O) groups is 4. The topological polar surface area (TPSA) is 121 Å². The molecule has 0 radical (unpaired) electrons. The van der Waals surface area contributed by atoms with Gasteiger partial charge < -0.3 is 19.8 Å². The molecule has 0 aromatic carbocycles. The maximum absolute atomic E-state index is 13.0. The molecule has 0 aliphatic rings. The number of rotatable bonds is 11. The zero-order chi connectivity index (χ0) is 21.4. The summed E-state index contributed by atoms with van der Waals surface area (Å²) < 4.78 is 5.40. The summed E-state index contributed by atoms with van der Waals surface area (Å²) >= 11 is 0. The van der Waals surface area contributed by atoms with E-state index in [1.807, 2.05) is 20.8 Å². The average Bonchev–Trinajstić information content (AvgIpc) is 2.50. The van der Waals surface area contributed by atoms with E-state index in [-0.39, 0.29) is 11.8 Å². The summed E-state index contributed by atoms with van der Waals surface area (Å²) in [7, 11) is 0. The standard InChI is InChI=1S/C19H31NO7/c1-7-16(25)27-13(9-18(3,4)5)10-19(6,8-2)17(26)20(11-14(21)22)12-15(23)24/h7,13H,1,8-12H2,2-6H3,(H,21,22)(H,23,24). The van der Waals surface area contributed by atoms with Crippen molar-refractivity contribution in [2.24, 2.45) is 10.8 Å². The number of hydrogen-bond acceptors (Lipinski definition) is 5. The van der Waals surface area contributed by atoms with Crippen LogP contribution in [0, 0.1) is 10.8 Å². The smallest absolute Gasteiger partial charge is 0.330 e.